The second-order valence-corrected chi connectivity index (χ2v) is 7.32. The van der Waals surface area contributed by atoms with Gasteiger partial charge in [-0.2, -0.15) is 0 Å². The van der Waals surface area contributed by atoms with Gasteiger partial charge in [-0.15, -0.1) is 0 Å². The molecule has 28 heavy (non-hydrogen) atoms. The number of methoxy groups -OCH3 is 1. The lowest BCUT2D eigenvalue weighted by molar-refractivity contribution is 0.416. The summed E-state index contributed by atoms with van der Waals surface area (Å²) < 4.78 is 5.64. The number of nitrogens with zero attached hydrogens (tertiary/aromatic N) is 3. The van der Waals surface area contributed by atoms with E-state index in [1.54, 1.807) is 19.5 Å². The highest BCUT2D eigenvalue weighted by Gasteiger charge is 2.21. The number of nitrogens with one attached hydrogen (secondary N) is 1. The minimum absolute atomic E-state index is 0.418. The quantitative estimate of drug-likeness (QED) is 0.667. The molecule has 0 amide bonds. The van der Waals surface area contributed by atoms with Crippen molar-refractivity contribution in [1.82, 2.24) is 9.97 Å². The summed E-state index contributed by atoms with van der Waals surface area (Å²) in [5.41, 5.74) is 3.15. The molecule has 1 N–H and O–H groups in total. The summed E-state index contributed by atoms with van der Waals surface area (Å²) in [5, 5.41) is 4.36. The number of hydrogen-bond acceptors (Lipinski definition) is 5. The lowest BCUT2D eigenvalue weighted by atomic mass is 10.0. The predicted octanol–water partition coefficient (Wildman–Crippen LogP) is 4.89. The molecule has 0 unspecified atom stereocenters. The molecule has 0 saturated carbocycles. The Balaban J connectivity index is 1.43. The largest absolute Gasteiger partial charge is 0.496 e. The molecular weight excluding hydrogens is 372 g/mol. The number of hydrogen-bond donors (Lipinski definition) is 1. The first-order valence-electron chi connectivity index (χ1n) is 9.45. The molecule has 1 aliphatic rings. The highest BCUT2D eigenvalue weighted by atomic mass is 35.5. The van der Waals surface area contributed by atoms with E-state index in [1.165, 1.54) is 0 Å². The summed E-state index contributed by atoms with van der Waals surface area (Å²) in [5.74, 6) is 1.65. The molecule has 0 aliphatic carbocycles. The van der Waals surface area contributed by atoms with Gasteiger partial charge in [0, 0.05) is 53.9 Å². The molecule has 2 heterocycles. The fourth-order valence-corrected chi connectivity index (χ4v) is 3.78. The standard InChI is InChI=1S/C22H23ClN4O/c1-28-21-15-19(6-7-20(21)16-4-2-5-17(23)14-16)26-18-8-12-27(13-9-18)22-24-10-3-11-25-22/h2-7,10-11,14-15,18,26H,8-9,12-13H2,1H3. The third kappa shape index (κ3) is 4.20. The number of ether oxygens (including phenoxy) is 1. The van der Waals surface area contributed by atoms with Gasteiger partial charge in [0.2, 0.25) is 5.95 Å². The average Bonchev–Trinajstić information content (AvgIpc) is 2.75. The summed E-state index contributed by atoms with van der Waals surface area (Å²) in [6, 6.07) is 16.3. The van der Waals surface area contributed by atoms with Crippen molar-refractivity contribution in [2.24, 2.45) is 0 Å². The Morgan fingerprint density at radius 1 is 1.04 bits per heavy atom. The van der Waals surface area contributed by atoms with Gasteiger partial charge in [0.1, 0.15) is 5.75 Å². The van der Waals surface area contributed by atoms with Crippen molar-refractivity contribution in [1.29, 1.82) is 0 Å². The molecule has 1 saturated heterocycles. The minimum Gasteiger partial charge on any atom is -0.496 e. The molecule has 0 atom stereocenters. The monoisotopic (exact) mass is 394 g/mol. The van der Waals surface area contributed by atoms with Gasteiger partial charge in [-0.1, -0.05) is 23.7 Å². The van der Waals surface area contributed by atoms with Crippen molar-refractivity contribution in [3.63, 3.8) is 0 Å². The number of aromatic nitrogens is 2. The summed E-state index contributed by atoms with van der Waals surface area (Å²) in [6.45, 7) is 1.89. The second-order valence-electron chi connectivity index (χ2n) is 6.88. The van der Waals surface area contributed by atoms with Gasteiger partial charge >= 0.3 is 0 Å². The van der Waals surface area contributed by atoms with E-state index in [9.17, 15) is 0 Å². The van der Waals surface area contributed by atoms with E-state index in [0.29, 0.717) is 6.04 Å². The van der Waals surface area contributed by atoms with Crippen molar-refractivity contribution in [3.05, 3.63) is 65.9 Å². The van der Waals surface area contributed by atoms with Gasteiger partial charge in [0.15, 0.2) is 0 Å². The number of anilines is 2. The van der Waals surface area contributed by atoms with Crippen molar-refractivity contribution < 1.29 is 4.74 Å². The van der Waals surface area contributed by atoms with Crippen LogP contribution in [0.1, 0.15) is 12.8 Å². The van der Waals surface area contributed by atoms with Gasteiger partial charge in [-0.05, 0) is 48.7 Å². The van der Waals surface area contributed by atoms with Crippen LogP contribution in [0.3, 0.4) is 0 Å². The van der Waals surface area contributed by atoms with E-state index in [0.717, 1.165) is 59.5 Å². The first-order chi connectivity index (χ1) is 13.7. The lowest BCUT2D eigenvalue weighted by Crippen LogP contribution is -2.39. The molecule has 0 bridgehead atoms. The van der Waals surface area contributed by atoms with Gasteiger partial charge in [0.05, 0.1) is 7.11 Å². The van der Waals surface area contributed by atoms with Crippen LogP contribution in [-0.4, -0.2) is 36.2 Å². The molecule has 5 nitrogen and oxygen atoms in total. The maximum atomic E-state index is 6.14. The van der Waals surface area contributed by atoms with Crippen molar-refractivity contribution >= 4 is 23.2 Å². The average molecular weight is 395 g/mol. The van der Waals surface area contributed by atoms with Crippen LogP contribution >= 0.6 is 11.6 Å². The molecule has 6 heteroatoms. The van der Waals surface area contributed by atoms with Gasteiger partial charge in [0.25, 0.3) is 0 Å². The Morgan fingerprint density at radius 3 is 2.54 bits per heavy atom. The smallest absolute Gasteiger partial charge is 0.225 e. The van der Waals surface area contributed by atoms with E-state index < -0.39 is 0 Å². The normalized spacial score (nSPS) is 14.7. The van der Waals surface area contributed by atoms with Crippen LogP contribution in [0.5, 0.6) is 5.75 Å². The Kier molecular flexibility index (Phi) is 5.63. The third-order valence-corrected chi connectivity index (χ3v) is 5.27. The summed E-state index contributed by atoms with van der Waals surface area (Å²) in [7, 11) is 1.70. The molecule has 3 aromatic rings. The molecular formula is C22H23ClN4O. The highest BCUT2D eigenvalue weighted by molar-refractivity contribution is 6.30. The fraction of sp³-hybridized carbons (Fsp3) is 0.273. The van der Waals surface area contributed by atoms with E-state index in [1.807, 2.05) is 30.3 Å². The van der Waals surface area contributed by atoms with Gasteiger partial charge in [-0.3, -0.25) is 0 Å². The summed E-state index contributed by atoms with van der Waals surface area (Å²) >= 11 is 6.14. The second kappa shape index (κ2) is 8.48. The van der Waals surface area contributed by atoms with Crippen LogP contribution < -0.4 is 15.0 Å². The molecule has 2 aromatic carbocycles. The van der Waals surface area contributed by atoms with E-state index in [4.69, 9.17) is 16.3 Å². The summed E-state index contributed by atoms with van der Waals surface area (Å²) in [6.07, 6.45) is 5.66. The van der Waals surface area contributed by atoms with Crippen molar-refractivity contribution in [3.8, 4) is 16.9 Å². The lowest BCUT2D eigenvalue weighted by Gasteiger charge is -2.32. The zero-order valence-electron chi connectivity index (χ0n) is 15.8. The molecule has 1 fully saturated rings. The maximum absolute atomic E-state index is 6.14. The molecule has 4 rings (SSSR count). The maximum Gasteiger partial charge on any atom is 0.225 e. The fourth-order valence-electron chi connectivity index (χ4n) is 3.59. The van der Waals surface area contributed by atoms with Gasteiger partial charge < -0.3 is 15.0 Å². The van der Waals surface area contributed by atoms with E-state index >= 15 is 0 Å². The topological polar surface area (TPSA) is 50.3 Å². The van der Waals surface area contributed by atoms with Crippen LogP contribution in [0.15, 0.2) is 60.9 Å². The number of benzene rings is 2. The Morgan fingerprint density at radius 2 is 1.82 bits per heavy atom. The first kappa shape index (κ1) is 18.6. The first-order valence-corrected chi connectivity index (χ1v) is 9.83. The van der Waals surface area contributed by atoms with Crippen LogP contribution in [0.4, 0.5) is 11.6 Å². The minimum atomic E-state index is 0.418. The summed E-state index contributed by atoms with van der Waals surface area (Å²) in [4.78, 5) is 10.9. The van der Waals surface area contributed by atoms with Crippen LogP contribution in [0.25, 0.3) is 11.1 Å². The molecule has 0 spiro atoms. The van der Waals surface area contributed by atoms with Crippen LogP contribution in [0.2, 0.25) is 5.02 Å². The number of rotatable bonds is 5. The SMILES string of the molecule is COc1cc(NC2CCN(c3ncccn3)CC2)ccc1-c1cccc(Cl)c1. The molecule has 1 aromatic heterocycles. The molecule has 0 radical (unpaired) electrons. The van der Waals surface area contributed by atoms with Crippen LogP contribution in [-0.2, 0) is 0 Å². The zero-order valence-corrected chi connectivity index (χ0v) is 16.6. The Bertz CT molecular complexity index is 927. The van der Waals surface area contributed by atoms with Crippen molar-refractivity contribution in [2.75, 3.05) is 30.4 Å². The van der Waals surface area contributed by atoms with Crippen LogP contribution in [0, 0.1) is 0 Å². The van der Waals surface area contributed by atoms with E-state index in [-0.39, 0.29) is 0 Å². The van der Waals surface area contributed by atoms with Crippen molar-refractivity contribution in [2.45, 2.75) is 18.9 Å². The molecule has 144 valence electrons. The molecule has 1 aliphatic heterocycles. The van der Waals surface area contributed by atoms with Gasteiger partial charge in [-0.25, -0.2) is 9.97 Å². The Hall–Kier alpha value is -2.79. The van der Waals surface area contributed by atoms with E-state index in [2.05, 4.69) is 38.4 Å². The predicted molar refractivity (Wildman–Crippen MR) is 114 cm³/mol. The highest BCUT2D eigenvalue weighted by Crippen LogP contribution is 2.34. The third-order valence-electron chi connectivity index (χ3n) is 5.04. The number of halogens is 1. The Labute approximate surface area is 170 Å². The number of piperidine rings is 1. The zero-order chi connectivity index (χ0) is 19.3.